The average molecular weight is 298 g/mol. The summed E-state index contributed by atoms with van der Waals surface area (Å²) in [6.07, 6.45) is -5.09. The van der Waals surface area contributed by atoms with Crippen LogP contribution in [-0.4, -0.2) is 69.6 Å². The van der Waals surface area contributed by atoms with Gasteiger partial charge in [0, 0.05) is 6.54 Å². The standard InChI is InChI=1S/C8H15N2O8P/c11-5-4(2-17-19(14,15)16)18-8(6(5)12)10-7(13)3-1-9-3/h3-6,8-9,11-12H,1-2H2,(H,10,13)(H2,14,15,16)/t3?,4-,5-,6-,8?/m1/s1. The fraction of sp³-hybridized carbons (Fsp3) is 0.875. The summed E-state index contributed by atoms with van der Waals surface area (Å²) in [6.45, 7) is -0.0709. The van der Waals surface area contributed by atoms with E-state index in [1.807, 2.05) is 0 Å². The van der Waals surface area contributed by atoms with Crippen molar-refractivity contribution in [2.75, 3.05) is 13.2 Å². The first-order chi connectivity index (χ1) is 8.78. The van der Waals surface area contributed by atoms with E-state index in [2.05, 4.69) is 15.2 Å². The second kappa shape index (κ2) is 5.43. The van der Waals surface area contributed by atoms with Crippen molar-refractivity contribution >= 4 is 13.7 Å². The molecule has 2 rings (SSSR count). The molecule has 2 saturated heterocycles. The van der Waals surface area contributed by atoms with Crippen molar-refractivity contribution in [3.05, 3.63) is 0 Å². The Bertz CT molecular complexity index is 396. The second-order valence-electron chi connectivity index (χ2n) is 4.33. The van der Waals surface area contributed by atoms with Crippen molar-refractivity contribution in [3.63, 3.8) is 0 Å². The molecule has 0 aromatic rings. The molecular formula is C8H15N2O8P. The van der Waals surface area contributed by atoms with E-state index in [0.29, 0.717) is 6.54 Å². The number of amides is 1. The molecule has 0 aromatic carbocycles. The van der Waals surface area contributed by atoms with Crippen molar-refractivity contribution in [1.29, 1.82) is 0 Å². The molecule has 0 saturated carbocycles. The van der Waals surface area contributed by atoms with E-state index in [4.69, 9.17) is 14.5 Å². The van der Waals surface area contributed by atoms with Gasteiger partial charge in [-0.1, -0.05) is 0 Å². The third-order valence-corrected chi connectivity index (χ3v) is 3.26. The summed E-state index contributed by atoms with van der Waals surface area (Å²) in [5.74, 6) is -0.382. The molecule has 0 spiro atoms. The molecule has 19 heavy (non-hydrogen) atoms. The van der Waals surface area contributed by atoms with Crippen molar-refractivity contribution in [2.45, 2.75) is 30.6 Å². The molecule has 0 bridgehead atoms. The van der Waals surface area contributed by atoms with Crippen molar-refractivity contribution < 1.29 is 38.6 Å². The van der Waals surface area contributed by atoms with Gasteiger partial charge in [-0.3, -0.25) is 9.32 Å². The zero-order valence-corrected chi connectivity index (χ0v) is 10.6. The normalized spacial score (nSPS) is 38.2. The molecule has 0 aromatic heterocycles. The summed E-state index contributed by atoms with van der Waals surface area (Å²) in [5, 5.41) is 24.4. The van der Waals surface area contributed by atoms with Gasteiger partial charge in [-0.15, -0.1) is 0 Å². The van der Waals surface area contributed by atoms with Crippen molar-refractivity contribution in [3.8, 4) is 0 Å². The van der Waals surface area contributed by atoms with Crippen LogP contribution in [0.2, 0.25) is 0 Å². The number of carbonyl (C=O) groups is 1. The molecule has 2 aliphatic heterocycles. The maximum atomic E-state index is 11.4. The van der Waals surface area contributed by atoms with Gasteiger partial charge in [0.05, 0.1) is 12.6 Å². The van der Waals surface area contributed by atoms with E-state index < -0.39 is 39.0 Å². The molecule has 1 amide bonds. The van der Waals surface area contributed by atoms with Crippen molar-refractivity contribution in [2.24, 2.45) is 0 Å². The zero-order valence-electron chi connectivity index (χ0n) is 9.67. The molecule has 2 aliphatic rings. The van der Waals surface area contributed by atoms with E-state index in [9.17, 15) is 19.6 Å². The molecule has 2 fully saturated rings. The molecular weight excluding hydrogens is 283 g/mol. The number of aliphatic hydroxyl groups excluding tert-OH is 2. The fourth-order valence-electron chi connectivity index (χ4n) is 1.66. The maximum absolute atomic E-state index is 11.4. The highest BCUT2D eigenvalue weighted by atomic mass is 31.2. The Morgan fingerprint density at radius 1 is 1.42 bits per heavy atom. The third kappa shape index (κ3) is 3.94. The van der Waals surface area contributed by atoms with E-state index >= 15 is 0 Å². The summed E-state index contributed by atoms with van der Waals surface area (Å²) in [7, 11) is -4.69. The molecule has 0 aliphatic carbocycles. The second-order valence-corrected chi connectivity index (χ2v) is 5.57. The molecule has 2 unspecified atom stereocenters. The molecule has 10 nitrogen and oxygen atoms in total. The van der Waals surface area contributed by atoms with Crippen LogP contribution < -0.4 is 10.6 Å². The van der Waals surface area contributed by atoms with E-state index in [0.717, 1.165) is 0 Å². The molecule has 2 heterocycles. The van der Waals surface area contributed by atoms with Crippen LogP contribution in [0.4, 0.5) is 0 Å². The summed E-state index contributed by atoms with van der Waals surface area (Å²) >= 11 is 0. The van der Waals surface area contributed by atoms with E-state index in [1.54, 1.807) is 0 Å². The Labute approximate surface area is 107 Å². The van der Waals surface area contributed by atoms with Gasteiger partial charge in [0.1, 0.15) is 18.3 Å². The first kappa shape index (κ1) is 14.8. The fourth-order valence-corrected chi connectivity index (χ4v) is 2.00. The first-order valence-corrected chi connectivity index (χ1v) is 7.06. The summed E-state index contributed by atoms with van der Waals surface area (Å²) in [4.78, 5) is 28.5. The number of aliphatic hydroxyl groups is 2. The Morgan fingerprint density at radius 2 is 2.05 bits per heavy atom. The monoisotopic (exact) mass is 298 g/mol. The van der Waals surface area contributed by atoms with Gasteiger partial charge in [-0.05, 0) is 0 Å². The van der Waals surface area contributed by atoms with Crippen LogP contribution in [0.25, 0.3) is 0 Å². The lowest BCUT2D eigenvalue weighted by molar-refractivity contribution is -0.127. The van der Waals surface area contributed by atoms with Gasteiger partial charge >= 0.3 is 7.82 Å². The third-order valence-electron chi connectivity index (χ3n) is 2.78. The summed E-state index contributed by atoms with van der Waals surface area (Å²) < 4.78 is 19.8. The van der Waals surface area contributed by atoms with Crippen LogP contribution in [0.5, 0.6) is 0 Å². The van der Waals surface area contributed by atoms with E-state index in [-0.39, 0.29) is 11.9 Å². The summed E-state index contributed by atoms with van der Waals surface area (Å²) in [6, 6.07) is -0.335. The lowest BCUT2D eigenvalue weighted by atomic mass is 10.1. The number of hydrogen-bond acceptors (Lipinski definition) is 7. The van der Waals surface area contributed by atoms with Crippen LogP contribution in [0, 0.1) is 0 Å². The smallest absolute Gasteiger partial charge is 0.387 e. The van der Waals surface area contributed by atoms with Gasteiger partial charge in [0.25, 0.3) is 0 Å². The number of hydrogen-bond donors (Lipinski definition) is 6. The highest BCUT2D eigenvalue weighted by molar-refractivity contribution is 7.46. The number of ether oxygens (including phenoxy) is 1. The average Bonchev–Trinajstić information content (AvgIpc) is 3.10. The molecule has 5 atom stereocenters. The minimum atomic E-state index is -4.69. The minimum Gasteiger partial charge on any atom is -0.387 e. The SMILES string of the molecule is O=C(NC1O[C@H](COP(=O)(O)O)[C@@H](O)[C@H]1O)C1CN1. The largest absolute Gasteiger partial charge is 0.469 e. The Hall–Kier alpha value is -0.580. The zero-order chi connectivity index (χ0) is 14.2. The van der Waals surface area contributed by atoms with Crippen LogP contribution >= 0.6 is 7.82 Å². The van der Waals surface area contributed by atoms with Gasteiger partial charge < -0.3 is 35.4 Å². The minimum absolute atomic E-state index is 0.335. The maximum Gasteiger partial charge on any atom is 0.469 e. The molecule has 6 N–H and O–H groups in total. The quantitative estimate of drug-likeness (QED) is 0.224. The molecule has 11 heteroatoms. The highest BCUT2D eigenvalue weighted by Crippen LogP contribution is 2.37. The number of carbonyl (C=O) groups excluding carboxylic acids is 1. The number of phosphoric acid groups is 1. The van der Waals surface area contributed by atoms with Gasteiger partial charge in [-0.2, -0.15) is 0 Å². The van der Waals surface area contributed by atoms with Crippen molar-refractivity contribution in [1.82, 2.24) is 10.6 Å². The van der Waals surface area contributed by atoms with Crippen LogP contribution in [-0.2, 0) is 18.6 Å². The lowest BCUT2D eigenvalue weighted by Gasteiger charge is -2.15. The number of rotatable bonds is 5. The highest BCUT2D eigenvalue weighted by Gasteiger charge is 2.45. The van der Waals surface area contributed by atoms with Gasteiger partial charge in [0.15, 0.2) is 6.23 Å². The Morgan fingerprint density at radius 3 is 2.58 bits per heavy atom. The van der Waals surface area contributed by atoms with E-state index in [1.165, 1.54) is 0 Å². The number of phosphoric ester groups is 1. The predicted molar refractivity (Wildman–Crippen MR) is 58.6 cm³/mol. The predicted octanol–water partition coefficient (Wildman–Crippen LogP) is -3.37. The van der Waals surface area contributed by atoms with Gasteiger partial charge in [-0.25, -0.2) is 4.57 Å². The topological polar surface area (TPSA) is 167 Å². The van der Waals surface area contributed by atoms with Gasteiger partial charge in [0.2, 0.25) is 5.91 Å². The van der Waals surface area contributed by atoms with Crippen LogP contribution in [0.3, 0.4) is 0 Å². The first-order valence-electron chi connectivity index (χ1n) is 5.53. The lowest BCUT2D eigenvalue weighted by Crippen LogP contribution is -2.45. The van der Waals surface area contributed by atoms with Crippen LogP contribution in [0.1, 0.15) is 0 Å². The summed E-state index contributed by atoms with van der Waals surface area (Å²) in [5.41, 5.74) is 0. The van der Waals surface area contributed by atoms with Crippen LogP contribution in [0.15, 0.2) is 0 Å². The molecule has 110 valence electrons. The number of nitrogens with one attached hydrogen (secondary N) is 2. The molecule has 0 radical (unpaired) electrons. The Kier molecular flexibility index (Phi) is 4.23. The Balaban J connectivity index is 1.86.